The van der Waals surface area contributed by atoms with Crippen LogP contribution in [0.2, 0.25) is 0 Å². The number of para-hydroxylation sites is 1. The second kappa shape index (κ2) is 8.31. The summed E-state index contributed by atoms with van der Waals surface area (Å²) in [5.41, 5.74) is 3.33. The first-order valence-corrected chi connectivity index (χ1v) is 10.1. The largest absolute Gasteiger partial charge is 0.490 e. The molecule has 30 heavy (non-hydrogen) atoms. The smallest absolute Gasteiger partial charge is 0.273 e. The zero-order chi connectivity index (χ0) is 21.3. The summed E-state index contributed by atoms with van der Waals surface area (Å²) in [6.07, 6.45) is 2.09. The van der Waals surface area contributed by atoms with E-state index in [0.717, 1.165) is 36.3 Å². The number of carbonyl (C=O) groups is 1. The van der Waals surface area contributed by atoms with E-state index in [9.17, 15) is 9.59 Å². The number of aryl methyl sites for hydroxylation is 3. The van der Waals surface area contributed by atoms with Gasteiger partial charge >= 0.3 is 0 Å². The van der Waals surface area contributed by atoms with Crippen molar-refractivity contribution in [3.8, 4) is 5.75 Å². The zero-order valence-electron chi connectivity index (χ0n) is 17.4. The van der Waals surface area contributed by atoms with E-state index in [-0.39, 0.29) is 24.1 Å². The van der Waals surface area contributed by atoms with Crippen molar-refractivity contribution >= 4 is 16.9 Å². The molecule has 2 aromatic heterocycles. The van der Waals surface area contributed by atoms with Crippen LogP contribution in [0.25, 0.3) is 11.0 Å². The Bertz CT molecular complexity index is 1140. The normalized spacial score (nSPS) is 16.2. The number of ether oxygens (including phenoxy) is 2. The van der Waals surface area contributed by atoms with Crippen LogP contribution < -0.4 is 15.6 Å². The second-order valence-electron chi connectivity index (χ2n) is 7.62. The van der Waals surface area contributed by atoms with Gasteiger partial charge in [-0.15, -0.1) is 0 Å². The van der Waals surface area contributed by atoms with E-state index in [4.69, 9.17) is 9.47 Å². The molecule has 8 heteroatoms. The van der Waals surface area contributed by atoms with Crippen LogP contribution in [-0.4, -0.2) is 40.0 Å². The van der Waals surface area contributed by atoms with E-state index in [1.165, 1.54) is 0 Å². The van der Waals surface area contributed by atoms with Crippen LogP contribution in [0.4, 0.5) is 0 Å². The van der Waals surface area contributed by atoms with Crippen molar-refractivity contribution in [1.82, 2.24) is 20.1 Å². The first-order valence-electron chi connectivity index (χ1n) is 10.1. The van der Waals surface area contributed by atoms with Gasteiger partial charge in [0.25, 0.3) is 11.5 Å². The van der Waals surface area contributed by atoms with Crippen molar-refractivity contribution < 1.29 is 14.3 Å². The maximum absolute atomic E-state index is 12.9. The fourth-order valence-corrected chi connectivity index (χ4v) is 3.91. The Kier molecular flexibility index (Phi) is 5.59. The van der Waals surface area contributed by atoms with E-state index < -0.39 is 0 Å². The molecule has 1 atom stereocenters. The number of H-pyrrole nitrogens is 1. The number of nitrogens with one attached hydrogen (secondary N) is 2. The summed E-state index contributed by atoms with van der Waals surface area (Å²) in [6, 6.07) is 7.18. The fourth-order valence-electron chi connectivity index (χ4n) is 3.91. The summed E-state index contributed by atoms with van der Waals surface area (Å²) < 4.78 is 13.1. The van der Waals surface area contributed by atoms with E-state index in [1.54, 1.807) is 23.9 Å². The molecule has 1 aromatic carbocycles. The van der Waals surface area contributed by atoms with Gasteiger partial charge in [-0.1, -0.05) is 12.1 Å². The third-order valence-corrected chi connectivity index (χ3v) is 5.58. The molecule has 0 spiro atoms. The van der Waals surface area contributed by atoms with Gasteiger partial charge in [0.2, 0.25) is 0 Å². The molecule has 0 saturated carbocycles. The molecule has 0 bridgehead atoms. The molecule has 1 amide bonds. The number of hydrogen-bond donors (Lipinski definition) is 2. The van der Waals surface area contributed by atoms with Crippen LogP contribution >= 0.6 is 0 Å². The van der Waals surface area contributed by atoms with E-state index in [2.05, 4.69) is 15.4 Å². The second-order valence-corrected chi connectivity index (χ2v) is 7.62. The summed E-state index contributed by atoms with van der Waals surface area (Å²) >= 11 is 0. The molecular formula is C22H26N4O4. The minimum absolute atomic E-state index is 0.0770. The highest BCUT2D eigenvalue weighted by Gasteiger charge is 2.19. The Hall–Kier alpha value is -3.13. The standard InChI is InChI=1S/C22H26N4O4/c1-13-17(14(2)24-20-19(13)22(28)25-26(20)3)11-23-21(27)16-8-4-5-9-18(16)30-12-15-7-6-10-29-15/h4-5,8-9,15H,6-7,10-12H2,1-3H3,(H,23,27)(H,25,28)/t15-/m0/s1. The predicted octanol–water partition coefficient (Wildman–Crippen LogP) is 2.37. The molecule has 3 heterocycles. The Morgan fingerprint density at radius 1 is 1.37 bits per heavy atom. The third-order valence-electron chi connectivity index (χ3n) is 5.58. The maximum Gasteiger partial charge on any atom is 0.273 e. The molecule has 158 valence electrons. The lowest BCUT2D eigenvalue weighted by molar-refractivity contribution is 0.0670. The van der Waals surface area contributed by atoms with Crippen LogP contribution in [-0.2, 0) is 18.3 Å². The van der Waals surface area contributed by atoms with Gasteiger partial charge in [0, 0.05) is 25.9 Å². The highest BCUT2D eigenvalue weighted by Crippen LogP contribution is 2.22. The Morgan fingerprint density at radius 3 is 2.93 bits per heavy atom. The van der Waals surface area contributed by atoms with Gasteiger partial charge in [0.1, 0.15) is 12.4 Å². The molecule has 0 radical (unpaired) electrons. The number of aromatic nitrogens is 3. The average molecular weight is 410 g/mol. The molecule has 3 aromatic rings. The Labute approximate surface area is 174 Å². The number of benzene rings is 1. The van der Waals surface area contributed by atoms with Crippen LogP contribution in [0, 0.1) is 13.8 Å². The van der Waals surface area contributed by atoms with Gasteiger partial charge in [0.05, 0.1) is 17.1 Å². The van der Waals surface area contributed by atoms with Crippen molar-refractivity contribution in [2.75, 3.05) is 13.2 Å². The van der Waals surface area contributed by atoms with Crippen molar-refractivity contribution in [2.45, 2.75) is 39.3 Å². The third kappa shape index (κ3) is 3.82. The lowest BCUT2D eigenvalue weighted by Gasteiger charge is -2.15. The zero-order valence-corrected chi connectivity index (χ0v) is 17.4. The summed E-state index contributed by atoms with van der Waals surface area (Å²) in [5.74, 6) is 0.297. The Balaban J connectivity index is 1.51. The molecule has 1 fully saturated rings. The van der Waals surface area contributed by atoms with Gasteiger partial charge in [-0.25, -0.2) is 4.98 Å². The number of pyridine rings is 1. The van der Waals surface area contributed by atoms with Gasteiger partial charge in [0.15, 0.2) is 5.65 Å². The predicted molar refractivity (Wildman–Crippen MR) is 113 cm³/mol. The minimum Gasteiger partial charge on any atom is -0.490 e. The number of carbonyl (C=O) groups excluding carboxylic acids is 1. The molecule has 2 N–H and O–H groups in total. The minimum atomic E-state index is -0.237. The molecule has 8 nitrogen and oxygen atoms in total. The van der Waals surface area contributed by atoms with Crippen molar-refractivity contribution in [3.63, 3.8) is 0 Å². The SMILES string of the molecule is Cc1nc2c(c(C)c1CNC(=O)c1ccccc1OC[C@@H]1CCCO1)c(=O)[nH]n2C. The van der Waals surface area contributed by atoms with E-state index in [1.807, 2.05) is 26.0 Å². The van der Waals surface area contributed by atoms with Gasteiger partial charge < -0.3 is 14.8 Å². The van der Waals surface area contributed by atoms with Crippen molar-refractivity contribution in [1.29, 1.82) is 0 Å². The number of aromatic amines is 1. The fraction of sp³-hybridized carbons (Fsp3) is 0.409. The molecule has 4 rings (SSSR count). The summed E-state index contributed by atoms with van der Waals surface area (Å²) in [7, 11) is 1.75. The van der Waals surface area contributed by atoms with Gasteiger partial charge in [-0.2, -0.15) is 0 Å². The molecular weight excluding hydrogens is 384 g/mol. The molecule has 0 unspecified atom stereocenters. The first-order chi connectivity index (χ1) is 14.5. The highest BCUT2D eigenvalue weighted by atomic mass is 16.5. The summed E-state index contributed by atoms with van der Waals surface area (Å²) in [4.78, 5) is 29.7. The van der Waals surface area contributed by atoms with Crippen molar-refractivity contribution in [3.05, 3.63) is 57.0 Å². The molecule has 0 aliphatic carbocycles. The van der Waals surface area contributed by atoms with Gasteiger partial charge in [-0.3, -0.25) is 19.4 Å². The number of fused-ring (bicyclic) bond motifs is 1. The first kappa shape index (κ1) is 20.2. The lowest BCUT2D eigenvalue weighted by atomic mass is 10.0. The Morgan fingerprint density at radius 2 is 2.17 bits per heavy atom. The lowest BCUT2D eigenvalue weighted by Crippen LogP contribution is -2.25. The molecule has 1 aliphatic heterocycles. The van der Waals surface area contributed by atoms with E-state index in [0.29, 0.717) is 29.0 Å². The summed E-state index contributed by atoms with van der Waals surface area (Å²) in [6.45, 7) is 5.22. The van der Waals surface area contributed by atoms with Crippen LogP contribution in [0.5, 0.6) is 5.75 Å². The highest BCUT2D eigenvalue weighted by molar-refractivity contribution is 5.97. The summed E-state index contributed by atoms with van der Waals surface area (Å²) in [5, 5.41) is 6.23. The van der Waals surface area contributed by atoms with Crippen LogP contribution in [0.3, 0.4) is 0 Å². The monoisotopic (exact) mass is 410 g/mol. The number of nitrogens with zero attached hydrogens (tertiary/aromatic N) is 2. The quantitative estimate of drug-likeness (QED) is 0.650. The number of amides is 1. The van der Waals surface area contributed by atoms with Crippen molar-refractivity contribution in [2.24, 2.45) is 7.05 Å². The number of rotatable bonds is 6. The molecule has 1 aliphatic rings. The maximum atomic E-state index is 12.9. The van der Waals surface area contributed by atoms with E-state index >= 15 is 0 Å². The number of hydrogen-bond acceptors (Lipinski definition) is 5. The van der Waals surface area contributed by atoms with Gasteiger partial charge in [-0.05, 0) is 49.9 Å². The van der Waals surface area contributed by atoms with Crippen LogP contribution in [0.1, 0.15) is 40.0 Å². The van der Waals surface area contributed by atoms with Crippen LogP contribution in [0.15, 0.2) is 29.1 Å². The topological polar surface area (TPSA) is 98.2 Å². The molecule has 1 saturated heterocycles. The average Bonchev–Trinajstić information content (AvgIpc) is 3.34.